The number of hydrogen-bond donors (Lipinski definition) is 3. The molecule has 2 rings (SSSR count). The summed E-state index contributed by atoms with van der Waals surface area (Å²) < 4.78 is 5.60. The van der Waals surface area contributed by atoms with Gasteiger partial charge in [-0.1, -0.05) is 30.3 Å². The number of alkyl carbamates (subject to hydrolysis) is 1. The van der Waals surface area contributed by atoms with Gasteiger partial charge in [-0.05, 0) is 21.5 Å². The Kier molecular flexibility index (Phi) is 6.32. The average Bonchev–Trinajstić information content (AvgIpc) is 2.97. The maximum absolute atomic E-state index is 11.5. The highest BCUT2D eigenvalue weighted by atomic mass is 79.9. The molecule has 2 aromatic rings. The molecule has 0 spiro atoms. The van der Waals surface area contributed by atoms with E-state index < -0.39 is 18.3 Å². The van der Waals surface area contributed by atoms with E-state index in [1.54, 1.807) is 5.38 Å². The third-order valence-electron chi connectivity index (χ3n) is 2.78. The smallest absolute Gasteiger partial charge is 0.407 e. The van der Waals surface area contributed by atoms with Crippen LogP contribution in [0, 0.1) is 0 Å². The Bertz CT molecular complexity index is 608. The summed E-state index contributed by atoms with van der Waals surface area (Å²) in [7, 11) is 0. The molecule has 1 aromatic heterocycles. The van der Waals surface area contributed by atoms with Crippen LogP contribution in [0.5, 0.6) is 0 Å². The first-order chi connectivity index (χ1) is 10.6. The van der Waals surface area contributed by atoms with Gasteiger partial charge in [0.05, 0.1) is 0 Å². The van der Waals surface area contributed by atoms with Crippen LogP contribution in [0.4, 0.5) is 4.79 Å². The number of nitrogens with one attached hydrogen (secondary N) is 1. The van der Waals surface area contributed by atoms with Gasteiger partial charge in [0, 0.05) is 11.9 Å². The Morgan fingerprint density at radius 2 is 2.09 bits per heavy atom. The number of ether oxygens (including phenoxy) is 1. The molecule has 1 amide bonds. The fourth-order valence-electron chi connectivity index (χ4n) is 1.64. The second kappa shape index (κ2) is 8.23. The van der Waals surface area contributed by atoms with Gasteiger partial charge < -0.3 is 20.3 Å². The topological polar surface area (TPSA) is 91.7 Å². The highest BCUT2D eigenvalue weighted by molar-refractivity contribution is 9.10. The van der Waals surface area contributed by atoms with Crippen molar-refractivity contribution in [3.63, 3.8) is 0 Å². The molecule has 22 heavy (non-hydrogen) atoms. The zero-order chi connectivity index (χ0) is 15.9. The van der Waals surface area contributed by atoms with Crippen LogP contribution in [0.15, 0.2) is 40.3 Å². The third kappa shape index (κ3) is 5.06. The number of rotatable bonds is 6. The van der Waals surface area contributed by atoms with Crippen LogP contribution in [0.3, 0.4) is 0 Å². The Morgan fingerprint density at radius 1 is 1.36 bits per heavy atom. The molecule has 0 aliphatic carbocycles. The van der Waals surface area contributed by atoms with Crippen LogP contribution < -0.4 is 5.32 Å². The summed E-state index contributed by atoms with van der Waals surface area (Å²) in [6.45, 7) is 0.0107. The summed E-state index contributed by atoms with van der Waals surface area (Å²) in [6.07, 6.45) is -2.98. The SMILES string of the molecule is O=C(NCC(O)C(O)c1nc(Br)cs1)OCc1ccccc1. The normalized spacial score (nSPS) is 13.4. The molecule has 2 atom stereocenters. The minimum absolute atomic E-state index is 0.133. The van der Waals surface area contributed by atoms with Crippen molar-refractivity contribution in [2.24, 2.45) is 0 Å². The van der Waals surface area contributed by atoms with Crippen LogP contribution in [-0.2, 0) is 11.3 Å². The highest BCUT2D eigenvalue weighted by Crippen LogP contribution is 2.23. The van der Waals surface area contributed by atoms with Crippen molar-refractivity contribution in [3.8, 4) is 0 Å². The van der Waals surface area contributed by atoms with E-state index in [0.717, 1.165) is 5.56 Å². The molecular weight excluding hydrogens is 372 g/mol. The van der Waals surface area contributed by atoms with Gasteiger partial charge in [-0.3, -0.25) is 0 Å². The summed E-state index contributed by atoms with van der Waals surface area (Å²) >= 11 is 4.39. The molecule has 6 nitrogen and oxygen atoms in total. The lowest BCUT2D eigenvalue weighted by Gasteiger charge is -2.16. The highest BCUT2D eigenvalue weighted by Gasteiger charge is 2.22. The summed E-state index contributed by atoms with van der Waals surface area (Å²) in [5, 5.41) is 24.2. The van der Waals surface area contributed by atoms with Crippen molar-refractivity contribution in [1.82, 2.24) is 10.3 Å². The van der Waals surface area contributed by atoms with E-state index in [4.69, 9.17) is 4.74 Å². The number of carbonyl (C=O) groups excluding carboxylic acids is 1. The predicted molar refractivity (Wildman–Crippen MR) is 85.4 cm³/mol. The first-order valence-electron chi connectivity index (χ1n) is 6.48. The van der Waals surface area contributed by atoms with Gasteiger partial charge in [-0.15, -0.1) is 11.3 Å². The molecule has 0 bridgehead atoms. The number of benzene rings is 1. The Balaban J connectivity index is 1.73. The van der Waals surface area contributed by atoms with Crippen molar-refractivity contribution in [2.45, 2.75) is 18.8 Å². The summed E-state index contributed by atoms with van der Waals surface area (Å²) in [5.74, 6) is 0. The molecule has 0 fully saturated rings. The second-order valence-electron chi connectivity index (χ2n) is 4.46. The zero-order valence-electron chi connectivity index (χ0n) is 11.5. The van der Waals surface area contributed by atoms with Crippen molar-refractivity contribution >= 4 is 33.4 Å². The molecule has 118 valence electrons. The van der Waals surface area contributed by atoms with Gasteiger partial charge in [0.1, 0.15) is 28.4 Å². The van der Waals surface area contributed by atoms with Crippen molar-refractivity contribution in [3.05, 3.63) is 50.9 Å². The molecule has 0 saturated carbocycles. The number of halogens is 1. The number of amides is 1. The molecule has 8 heteroatoms. The van der Waals surface area contributed by atoms with E-state index in [0.29, 0.717) is 9.61 Å². The van der Waals surface area contributed by atoms with Crippen LogP contribution in [-0.4, -0.2) is 33.9 Å². The average molecular weight is 387 g/mol. The number of aliphatic hydroxyl groups excluding tert-OH is 2. The number of carbonyl (C=O) groups is 1. The van der Waals surface area contributed by atoms with E-state index in [2.05, 4.69) is 26.2 Å². The second-order valence-corrected chi connectivity index (χ2v) is 6.17. The maximum atomic E-state index is 11.5. The van der Waals surface area contributed by atoms with Crippen LogP contribution >= 0.6 is 27.3 Å². The van der Waals surface area contributed by atoms with E-state index in [1.165, 1.54) is 11.3 Å². The summed E-state index contributed by atoms with van der Waals surface area (Å²) in [5.41, 5.74) is 0.867. The van der Waals surface area contributed by atoms with Crippen molar-refractivity contribution in [1.29, 1.82) is 0 Å². The van der Waals surface area contributed by atoms with Gasteiger partial charge in [-0.25, -0.2) is 9.78 Å². The molecule has 0 aliphatic rings. The molecule has 0 aliphatic heterocycles. The van der Waals surface area contributed by atoms with Gasteiger partial charge in [0.2, 0.25) is 0 Å². The molecular formula is C14H15BrN2O4S. The quantitative estimate of drug-likeness (QED) is 0.707. The van der Waals surface area contributed by atoms with Gasteiger partial charge >= 0.3 is 6.09 Å². The van der Waals surface area contributed by atoms with Crippen molar-refractivity contribution in [2.75, 3.05) is 6.54 Å². The molecule has 0 radical (unpaired) electrons. The molecule has 2 unspecified atom stereocenters. The Labute approximate surface area is 139 Å². The van der Waals surface area contributed by atoms with Gasteiger partial charge in [0.15, 0.2) is 0 Å². The standard InChI is InChI=1S/C14H15BrN2O4S/c15-11-8-22-13(17-11)12(19)10(18)6-16-14(20)21-7-9-4-2-1-3-5-9/h1-5,8,10,12,18-19H,6-7H2,(H,16,20). The lowest BCUT2D eigenvalue weighted by molar-refractivity contribution is 0.0182. The molecule has 3 N–H and O–H groups in total. The Morgan fingerprint density at radius 3 is 2.73 bits per heavy atom. The summed E-state index contributed by atoms with van der Waals surface area (Å²) in [4.78, 5) is 15.6. The minimum atomic E-state index is -1.16. The van der Waals surface area contributed by atoms with Crippen LogP contribution in [0.1, 0.15) is 16.7 Å². The van der Waals surface area contributed by atoms with E-state index in [1.807, 2.05) is 30.3 Å². The first kappa shape index (κ1) is 16.9. The van der Waals surface area contributed by atoms with Gasteiger partial charge in [-0.2, -0.15) is 0 Å². The third-order valence-corrected chi connectivity index (χ3v) is 4.40. The lowest BCUT2D eigenvalue weighted by atomic mass is 10.2. The number of hydrogen-bond acceptors (Lipinski definition) is 6. The first-order valence-corrected chi connectivity index (χ1v) is 8.15. The molecule has 1 aromatic carbocycles. The Hall–Kier alpha value is -1.48. The maximum Gasteiger partial charge on any atom is 0.407 e. The largest absolute Gasteiger partial charge is 0.445 e. The van der Waals surface area contributed by atoms with E-state index >= 15 is 0 Å². The van der Waals surface area contributed by atoms with Crippen LogP contribution in [0.2, 0.25) is 0 Å². The number of aromatic nitrogens is 1. The van der Waals surface area contributed by atoms with E-state index in [9.17, 15) is 15.0 Å². The molecule has 0 saturated heterocycles. The fourth-order valence-corrected chi connectivity index (χ4v) is 2.95. The van der Waals surface area contributed by atoms with Gasteiger partial charge in [0.25, 0.3) is 0 Å². The fraction of sp³-hybridized carbons (Fsp3) is 0.286. The minimum Gasteiger partial charge on any atom is -0.445 e. The predicted octanol–water partition coefficient (Wildman–Crippen LogP) is 2.23. The van der Waals surface area contributed by atoms with E-state index in [-0.39, 0.29) is 13.2 Å². The number of aliphatic hydroxyl groups is 2. The monoisotopic (exact) mass is 386 g/mol. The lowest BCUT2D eigenvalue weighted by Crippen LogP contribution is -2.35. The number of thiazole rings is 1. The number of nitrogens with zero attached hydrogens (tertiary/aromatic N) is 1. The zero-order valence-corrected chi connectivity index (χ0v) is 13.9. The summed E-state index contributed by atoms with van der Waals surface area (Å²) in [6, 6.07) is 9.25. The van der Waals surface area contributed by atoms with Crippen molar-refractivity contribution < 1.29 is 19.7 Å². The molecule has 1 heterocycles. The van der Waals surface area contributed by atoms with Crippen LogP contribution in [0.25, 0.3) is 0 Å².